The van der Waals surface area contributed by atoms with Gasteiger partial charge in [-0.3, -0.25) is 0 Å². The highest BCUT2D eigenvalue weighted by Crippen LogP contribution is 2.39. The van der Waals surface area contributed by atoms with Crippen molar-refractivity contribution in [1.82, 2.24) is 0 Å². The van der Waals surface area contributed by atoms with Crippen LogP contribution in [0.3, 0.4) is 0 Å². The van der Waals surface area contributed by atoms with Crippen LogP contribution in [0.5, 0.6) is 0 Å². The number of hydrogen-bond donors (Lipinski definition) is 3. The largest absolute Gasteiger partial charge is 0.395 e. The molecule has 11 heteroatoms. The Kier molecular flexibility index (Phi) is 7.93. The third-order valence-corrected chi connectivity index (χ3v) is 4.71. The fourth-order valence-electron chi connectivity index (χ4n) is 2.25. The third kappa shape index (κ3) is 5.60. The normalized spacial score (nSPS) is 11.1. The molecule has 2 aromatic rings. The molecule has 0 heterocycles. The van der Waals surface area contributed by atoms with Crippen molar-refractivity contribution in [3.05, 3.63) is 49.8 Å². The molecule has 0 amide bonds. The van der Waals surface area contributed by atoms with Gasteiger partial charge in [-0.25, -0.2) is 5.21 Å². The van der Waals surface area contributed by atoms with Gasteiger partial charge in [0.1, 0.15) is 11.4 Å². The van der Waals surface area contributed by atoms with Crippen molar-refractivity contribution < 1.29 is 20.3 Å². The van der Waals surface area contributed by atoms with E-state index in [0.29, 0.717) is 28.3 Å². The van der Waals surface area contributed by atoms with Crippen LogP contribution in [-0.2, 0) is 0 Å². The molecule has 2 aromatic carbocycles. The summed E-state index contributed by atoms with van der Waals surface area (Å²) in [5.74, 6) is 0. The smallest absolute Gasteiger partial charge is 0.319 e. The summed E-state index contributed by atoms with van der Waals surface area (Å²) in [7, 11) is 0. The molecule has 0 aliphatic carbocycles. The summed E-state index contributed by atoms with van der Waals surface area (Å²) in [6.07, 6.45) is 0. The van der Waals surface area contributed by atoms with Crippen LogP contribution in [-0.4, -0.2) is 46.6 Å². The van der Waals surface area contributed by atoms with E-state index < -0.39 is 0 Å². The van der Waals surface area contributed by atoms with Crippen LogP contribution >= 0.6 is 39.1 Å². The van der Waals surface area contributed by atoms with Gasteiger partial charge in [0.15, 0.2) is 0 Å². The lowest BCUT2D eigenvalue weighted by atomic mass is 10.2. The van der Waals surface area contributed by atoms with Gasteiger partial charge in [0.05, 0.1) is 32.6 Å². The average Bonchev–Trinajstić information content (AvgIpc) is 2.61. The van der Waals surface area contributed by atoms with E-state index in [2.05, 4.69) is 26.2 Å². The molecule has 0 aromatic heterocycles. The number of azo groups is 1. The molecular weight excluding hydrogens is 463 g/mol. The number of hydrogen-bond acceptors (Lipinski definition) is 6. The highest BCUT2D eigenvalue weighted by molar-refractivity contribution is 9.10. The fraction of sp³-hybridized carbons (Fsp3) is 0.250. The lowest BCUT2D eigenvalue weighted by Crippen LogP contribution is -2.29. The topological polar surface area (TPSA) is 109 Å². The quantitative estimate of drug-likeness (QED) is 0.374. The fourth-order valence-corrected chi connectivity index (χ4v) is 3.35. The van der Waals surface area contributed by atoms with Crippen LogP contribution in [0.2, 0.25) is 10.0 Å². The van der Waals surface area contributed by atoms with E-state index in [0.717, 1.165) is 5.69 Å². The summed E-state index contributed by atoms with van der Waals surface area (Å²) >= 11 is 15.6. The molecule has 8 nitrogen and oxygen atoms in total. The van der Waals surface area contributed by atoms with E-state index >= 15 is 0 Å². The minimum absolute atomic E-state index is 0.0546. The van der Waals surface area contributed by atoms with Crippen molar-refractivity contribution in [1.29, 1.82) is 0 Å². The van der Waals surface area contributed by atoms with Crippen molar-refractivity contribution in [2.75, 3.05) is 31.2 Å². The first kappa shape index (κ1) is 21.5. The molecule has 0 fully saturated rings. The van der Waals surface area contributed by atoms with E-state index in [9.17, 15) is 4.91 Å². The Morgan fingerprint density at radius 3 is 2.22 bits per heavy atom. The second-order valence-electron chi connectivity index (χ2n) is 5.30. The summed E-state index contributed by atoms with van der Waals surface area (Å²) in [6, 6.07) is 7.64. The number of benzene rings is 2. The van der Waals surface area contributed by atoms with Gasteiger partial charge in [-0.1, -0.05) is 23.2 Å². The minimum Gasteiger partial charge on any atom is -0.395 e. The molecule has 3 N–H and O–H groups in total. The molecule has 0 aliphatic heterocycles. The van der Waals surface area contributed by atoms with E-state index in [1.807, 2.05) is 0 Å². The monoisotopic (exact) mass is 477 g/mol. The van der Waals surface area contributed by atoms with Gasteiger partial charge < -0.3 is 15.1 Å². The molecule has 0 saturated heterocycles. The molecule has 144 valence electrons. The van der Waals surface area contributed by atoms with E-state index in [1.165, 1.54) is 12.1 Å². The molecule has 0 saturated carbocycles. The zero-order chi connectivity index (χ0) is 20.0. The number of halogens is 3. The van der Waals surface area contributed by atoms with Crippen molar-refractivity contribution in [2.45, 2.75) is 0 Å². The zero-order valence-corrected chi connectivity index (χ0v) is 17.0. The minimum atomic E-state index is -0.308. The Hall–Kier alpha value is -1.78. The van der Waals surface area contributed by atoms with E-state index in [-0.39, 0.29) is 34.5 Å². The Labute approximate surface area is 173 Å². The molecule has 0 unspecified atom stereocenters. The van der Waals surface area contributed by atoms with Crippen molar-refractivity contribution in [2.24, 2.45) is 10.2 Å². The summed E-state index contributed by atoms with van der Waals surface area (Å²) in [5.41, 5.74) is 1.32. The number of aliphatic hydroxyl groups is 2. The Morgan fingerprint density at radius 1 is 1.04 bits per heavy atom. The number of anilines is 1. The van der Waals surface area contributed by atoms with Crippen molar-refractivity contribution >= 4 is 61.9 Å². The first-order valence-corrected chi connectivity index (χ1v) is 9.25. The zero-order valence-electron chi connectivity index (χ0n) is 13.9. The van der Waals surface area contributed by atoms with Crippen LogP contribution in [0, 0.1) is 4.91 Å². The number of aliphatic hydroxyl groups excluding tert-OH is 2. The second-order valence-corrected chi connectivity index (χ2v) is 6.97. The molecule has 0 spiro atoms. The molecule has 0 atom stereocenters. The molecule has 27 heavy (non-hydrogen) atoms. The SMILES string of the molecule is O=[N+](O)c1cc(Cl)c(/N=N/c2ccc(N(CCO)CCO)cc2Cl)c(Br)c1. The van der Waals surface area contributed by atoms with Crippen LogP contribution in [0.1, 0.15) is 0 Å². The molecule has 0 bridgehead atoms. The number of rotatable bonds is 8. The molecule has 0 aliphatic rings. The maximum atomic E-state index is 11.0. The highest BCUT2D eigenvalue weighted by Gasteiger charge is 2.18. The van der Waals surface area contributed by atoms with E-state index in [4.69, 9.17) is 38.6 Å². The molecule has 0 radical (unpaired) electrons. The van der Waals surface area contributed by atoms with Crippen molar-refractivity contribution in [3.63, 3.8) is 0 Å². The second kappa shape index (κ2) is 9.95. The predicted octanol–water partition coefficient (Wildman–Crippen LogP) is 4.76. The van der Waals surface area contributed by atoms with Crippen LogP contribution in [0.15, 0.2) is 45.0 Å². The van der Waals surface area contributed by atoms with Gasteiger partial charge in [-0.2, -0.15) is 0 Å². The first-order chi connectivity index (χ1) is 12.9. The summed E-state index contributed by atoms with van der Waals surface area (Å²) in [4.78, 5) is 12.4. The summed E-state index contributed by atoms with van der Waals surface area (Å²) in [5, 5.41) is 35.7. The first-order valence-electron chi connectivity index (χ1n) is 7.70. The van der Waals surface area contributed by atoms with Gasteiger partial charge in [0.2, 0.25) is 0 Å². The van der Waals surface area contributed by atoms with Crippen LogP contribution in [0.25, 0.3) is 0 Å². The van der Waals surface area contributed by atoms with Gasteiger partial charge in [-0.05, 0) is 34.1 Å². The summed E-state index contributed by atoms with van der Waals surface area (Å²) in [6.45, 7) is 0.592. The summed E-state index contributed by atoms with van der Waals surface area (Å²) < 4.78 is 0.369. The Bertz CT molecular complexity index is 837. The Balaban J connectivity index is 2.29. The van der Waals surface area contributed by atoms with Crippen LogP contribution in [0.4, 0.5) is 22.7 Å². The molecular formula is C16H16BrCl2N4O4+. The van der Waals surface area contributed by atoms with Gasteiger partial charge in [0, 0.05) is 30.9 Å². The molecule has 2 rings (SSSR count). The van der Waals surface area contributed by atoms with Crippen molar-refractivity contribution in [3.8, 4) is 0 Å². The maximum Gasteiger partial charge on any atom is 0.319 e. The van der Waals surface area contributed by atoms with Crippen LogP contribution < -0.4 is 4.90 Å². The van der Waals surface area contributed by atoms with E-state index in [1.54, 1.807) is 23.1 Å². The lowest BCUT2D eigenvalue weighted by molar-refractivity contribution is -0.729. The maximum absolute atomic E-state index is 11.0. The predicted molar refractivity (Wildman–Crippen MR) is 106 cm³/mol. The van der Waals surface area contributed by atoms with Gasteiger partial charge >= 0.3 is 5.69 Å². The lowest BCUT2D eigenvalue weighted by Gasteiger charge is -2.23. The average molecular weight is 479 g/mol. The van der Waals surface area contributed by atoms with Gasteiger partial charge in [0.25, 0.3) is 4.92 Å². The standard InChI is InChI=1S/C16H16BrCl2N4O4/c17-12-7-11(23(26)27)9-14(19)16(12)21-20-15-2-1-10(8-13(15)18)22(3-5-24)4-6-25/h1-2,7-9,24-25H,3-6H2,(H,26,27)/q+1/b21-20+. The highest BCUT2D eigenvalue weighted by atomic mass is 79.9. The van der Waals surface area contributed by atoms with Gasteiger partial charge in [-0.15, -0.1) is 10.2 Å². The third-order valence-electron chi connectivity index (χ3n) is 3.52. The number of nitrogens with zero attached hydrogens (tertiary/aromatic N) is 4. The Morgan fingerprint density at radius 2 is 1.70 bits per heavy atom.